The maximum Gasteiger partial charge on any atom is 0.0127 e. The third-order valence-corrected chi connectivity index (χ3v) is 5.44. The SMILES string of the molecule is CC(C)N1CCC2(CC1)CCN(C(C)C)C2C. The molecule has 2 heterocycles. The zero-order chi connectivity index (χ0) is 12.6. The summed E-state index contributed by atoms with van der Waals surface area (Å²) in [5.74, 6) is 0. The van der Waals surface area contributed by atoms with Gasteiger partial charge in [0.25, 0.3) is 0 Å². The molecule has 100 valence electrons. The van der Waals surface area contributed by atoms with E-state index in [4.69, 9.17) is 0 Å². The molecule has 0 aromatic carbocycles. The minimum atomic E-state index is 0.635. The molecule has 1 unspecified atom stereocenters. The van der Waals surface area contributed by atoms with Gasteiger partial charge in [-0.25, -0.2) is 0 Å². The Morgan fingerprint density at radius 3 is 1.82 bits per heavy atom. The molecule has 2 nitrogen and oxygen atoms in total. The second-order valence-corrected chi connectivity index (χ2v) is 6.75. The quantitative estimate of drug-likeness (QED) is 0.730. The Balaban J connectivity index is 1.99. The van der Waals surface area contributed by atoms with Crippen molar-refractivity contribution < 1.29 is 0 Å². The van der Waals surface area contributed by atoms with Gasteiger partial charge < -0.3 is 4.90 Å². The molecule has 0 aromatic rings. The summed E-state index contributed by atoms with van der Waals surface area (Å²) in [6.45, 7) is 15.8. The van der Waals surface area contributed by atoms with E-state index in [1.807, 2.05) is 0 Å². The molecule has 0 bridgehead atoms. The van der Waals surface area contributed by atoms with Crippen molar-refractivity contribution in [2.45, 2.75) is 72.0 Å². The van der Waals surface area contributed by atoms with Crippen LogP contribution < -0.4 is 0 Å². The lowest BCUT2D eigenvalue weighted by Gasteiger charge is -2.45. The van der Waals surface area contributed by atoms with Gasteiger partial charge in [-0.1, -0.05) is 0 Å². The topological polar surface area (TPSA) is 6.48 Å². The van der Waals surface area contributed by atoms with Crippen LogP contribution in [-0.4, -0.2) is 47.6 Å². The Morgan fingerprint density at radius 2 is 1.41 bits per heavy atom. The summed E-state index contributed by atoms with van der Waals surface area (Å²) in [7, 11) is 0. The van der Waals surface area contributed by atoms with Crippen molar-refractivity contribution in [3.63, 3.8) is 0 Å². The van der Waals surface area contributed by atoms with Crippen molar-refractivity contribution in [3.8, 4) is 0 Å². The molecule has 2 saturated heterocycles. The third kappa shape index (κ3) is 2.39. The smallest absolute Gasteiger partial charge is 0.0127 e. The predicted molar refractivity (Wildman–Crippen MR) is 74.3 cm³/mol. The molecule has 0 amide bonds. The van der Waals surface area contributed by atoms with Crippen LogP contribution >= 0.6 is 0 Å². The Hall–Kier alpha value is -0.0800. The van der Waals surface area contributed by atoms with Gasteiger partial charge in [-0.05, 0) is 78.9 Å². The van der Waals surface area contributed by atoms with E-state index < -0.39 is 0 Å². The van der Waals surface area contributed by atoms with Crippen LogP contribution in [0.15, 0.2) is 0 Å². The predicted octanol–water partition coefficient (Wildman–Crippen LogP) is 2.98. The van der Waals surface area contributed by atoms with E-state index in [-0.39, 0.29) is 0 Å². The van der Waals surface area contributed by atoms with E-state index in [0.29, 0.717) is 11.5 Å². The summed E-state index contributed by atoms with van der Waals surface area (Å²) < 4.78 is 0. The zero-order valence-corrected chi connectivity index (χ0v) is 12.4. The summed E-state index contributed by atoms with van der Waals surface area (Å²) >= 11 is 0. The minimum absolute atomic E-state index is 0.635. The van der Waals surface area contributed by atoms with Crippen molar-refractivity contribution in [2.75, 3.05) is 19.6 Å². The molecule has 0 aromatic heterocycles. The number of likely N-dealkylation sites (tertiary alicyclic amines) is 2. The Morgan fingerprint density at radius 1 is 0.882 bits per heavy atom. The average molecular weight is 238 g/mol. The third-order valence-electron chi connectivity index (χ3n) is 5.44. The second kappa shape index (κ2) is 4.89. The van der Waals surface area contributed by atoms with Crippen molar-refractivity contribution in [1.82, 2.24) is 9.80 Å². The molecular weight excluding hydrogens is 208 g/mol. The van der Waals surface area contributed by atoms with Crippen molar-refractivity contribution in [1.29, 1.82) is 0 Å². The molecule has 0 aliphatic carbocycles. The molecule has 1 atom stereocenters. The zero-order valence-electron chi connectivity index (χ0n) is 12.4. The van der Waals surface area contributed by atoms with Gasteiger partial charge in [-0.15, -0.1) is 0 Å². The lowest BCUT2D eigenvalue weighted by atomic mass is 9.72. The molecule has 2 fully saturated rings. The first-order valence-corrected chi connectivity index (χ1v) is 7.46. The lowest BCUT2D eigenvalue weighted by molar-refractivity contribution is 0.0494. The van der Waals surface area contributed by atoms with Crippen LogP contribution in [0.3, 0.4) is 0 Å². The summed E-state index contributed by atoms with van der Waals surface area (Å²) in [5, 5.41) is 0. The standard InChI is InChI=1S/C15H30N2/c1-12(2)16-9-6-15(7-10-16)8-11-17(13(3)4)14(15)5/h12-14H,6-11H2,1-5H3. The minimum Gasteiger partial charge on any atom is -0.301 e. The van der Waals surface area contributed by atoms with Gasteiger partial charge in [0.15, 0.2) is 0 Å². The van der Waals surface area contributed by atoms with Crippen LogP contribution in [-0.2, 0) is 0 Å². The van der Waals surface area contributed by atoms with E-state index in [1.54, 1.807) is 0 Å². The summed E-state index contributed by atoms with van der Waals surface area (Å²) in [4.78, 5) is 5.36. The maximum absolute atomic E-state index is 2.71. The largest absolute Gasteiger partial charge is 0.301 e. The van der Waals surface area contributed by atoms with Crippen molar-refractivity contribution in [2.24, 2.45) is 5.41 Å². The molecule has 0 N–H and O–H groups in total. The fourth-order valence-electron chi connectivity index (χ4n) is 3.96. The van der Waals surface area contributed by atoms with E-state index in [1.165, 1.54) is 38.9 Å². The van der Waals surface area contributed by atoms with Gasteiger partial charge in [0, 0.05) is 18.1 Å². The Bertz CT molecular complexity index is 252. The van der Waals surface area contributed by atoms with Gasteiger partial charge in [-0.3, -0.25) is 4.90 Å². The molecule has 2 heteroatoms. The molecule has 2 aliphatic heterocycles. The van der Waals surface area contributed by atoms with Crippen molar-refractivity contribution in [3.05, 3.63) is 0 Å². The van der Waals surface area contributed by atoms with E-state index in [0.717, 1.165) is 12.1 Å². The highest BCUT2D eigenvalue weighted by Crippen LogP contribution is 2.46. The average Bonchev–Trinajstić information content (AvgIpc) is 2.58. The fourth-order valence-corrected chi connectivity index (χ4v) is 3.96. The maximum atomic E-state index is 2.71. The van der Waals surface area contributed by atoms with Crippen LogP contribution in [0.4, 0.5) is 0 Å². The molecule has 2 rings (SSSR count). The highest BCUT2D eigenvalue weighted by molar-refractivity contribution is 5.00. The fraction of sp³-hybridized carbons (Fsp3) is 1.00. The van der Waals surface area contributed by atoms with Crippen LogP contribution in [0, 0.1) is 5.41 Å². The first kappa shape index (κ1) is 13.4. The highest BCUT2D eigenvalue weighted by atomic mass is 15.2. The molecule has 2 aliphatic rings. The summed E-state index contributed by atoms with van der Waals surface area (Å²) in [6, 6.07) is 2.23. The summed E-state index contributed by atoms with van der Waals surface area (Å²) in [6.07, 6.45) is 4.25. The van der Waals surface area contributed by atoms with Crippen molar-refractivity contribution >= 4 is 0 Å². The van der Waals surface area contributed by atoms with Gasteiger partial charge in [0.05, 0.1) is 0 Å². The number of piperidine rings is 1. The van der Waals surface area contributed by atoms with E-state index >= 15 is 0 Å². The lowest BCUT2D eigenvalue weighted by Crippen LogP contribution is -2.48. The van der Waals surface area contributed by atoms with E-state index in [2.05, 4.69) is 44.4 Å². The Labute approximate surface area is 107 Å². The van der Waals surface area contributed by atoms with Gasteiger partial charge in [0.2, 0.25) is 0 Å². The van der Waals surface area contributed by atoms with E-state index in [9.17, 15) is 0 Å². The van der Waals surface area contributed by atoms with Crippen LogP contribution in [0.2, 0.25) is 0 Å². The second-order valence-electron chi connectivity index (χ2n) is 6.75. The molecular formula is C15H30N2. The first-order valence-electron chi connectivity index (χ1n) is 7.46. The van der Waals surface area contributed by atoms with Crippen LogP contribution in [0.1, 0.15) is 53.9 Å². The monoisotopic (exact) mass is 238 g/mol. The molecule has 0 radical (unpaired) electrons. The first-order chi connectivity index (χ1) is 7.96. The molecule has 1 spiro atoms. The van der Waals surface area contributed by atoms with Crippen LogP contribution in [0.25, 0.3) is 0 Å². The van der Waals surface area contributed by atoms with Gasteiger partial charge in [-0.2, -0.15) is 0 Å². The Kier molecular flexibility index (Phi) is 3.84. The number of nitrogens with zero attached hydrogens (tertiary/aromatic N) is 2. The number of hydrogen-bond acceptors (Lipinski definition) is 2. The number of rotatable bonds is 2. The van der Waals surface area contributed by atoms with Gasteiger partial charge in [0.1, 0.15) is 0 Å². The van der Waals surface area contributed by atoms with Crippen LogP contribution in [0.5, 0.6) is 0 Å². The molecule has 17 heavy (non-hydrogen) atoms. The van der Waals surface area contributed by atoms with Gasteiger partial charge >= 0.3 is 0 Å². The summed E-state index contributed by atoms with van der Waals surface area (Å²) in [5.41, 5.74) is 0.635. The molecule has 0 saturated carbocycles. The highest BCUT2D eigenvalue weighted by Gasteiger charge is 2.46. The number of hydrogen-bond donors (Lipinski definition) is 0. The normalized spacial score (nSPS) is 30.9.